The largest absolute Gasteiger partial charge is 0.409 e. The molecule has 0 aromatic carbocycles. The Morgan fingerprint density at radius 1 is 0.432 bits per heavy atom. The van der Waals surface area contributed by atoms with Crippen LogP contribution >= 0.6 is 15.3 Å². The Bertz CT molecular complexity index is 676. The highest BCUT2D eigenvalue weighted by molar-refractivity contribution is 7.57. The maximum atomic E-state index is 14.9. The SMILES string of the molecule is O=P(OC1CCCCC1)(OC1CCCCC1)C1CCCN1P(=O)(OC1CCCCC1)OC1CCCCC1. The van der Waals surface area contributed by atoms with E-state index in [1.807, 2.05) is 4.67 Å². The second-order valence-electron chi connectivity index (χ2n) is 12.3. The lowest BCUT2D eigenvalue weighted by molar-refractivity contribution is 0.0453. The zero-order valence-corrected chi connectivity index (χ0v) is 24.7. The van der Waals surface area contributed by atoms with Crippen molar-refractivity contribution >= 4 is 15.3 Å². The molecule has 0 spiro atoms. The summed E-state index contributed by atoms with van der Waals surface area (Å²) in [6.07, 6.45) is 22.4. The van der Waals surface area contributed by atoms with Crippen LogP contribution in [-0.2, 0) is 27.2 Å². The van der Waals surface area contributed by atoms with Crippen LogP contribution in [0.5, 0.6) is 0 Å². The summed E-state index contributed by atoms with van der Waals surface area (Å²) in [7, 11) is -7.23. The van der Waals surface area contributed by atoms with Crippen LogP contribution in [0.15, 0.2) is 0 Å². The molecule has 0 aromatic rings. The van der Waals surface area contributed by atoms with E-state index in [-0.39, 0.29) is 24.4 Å². The van der Waals surface area contributed by atoms with E-state index in [2.05, 4.69) is 0 Å². The van der Waals surface area contributed by atoms with Crippen LogP contribution in [0.3, 0.4) is 0 Å². The third kappa shape index (κ3) is 7.72. The van der Waals surface area contributed by atoms with Gasteiger partial charge in [-0.05, 0) is 64.2 Å². The molecular weight excluding hydrogens is 508 g/mol. The fourth-order valence-electron chi connectivity index (χ4n) is 7.13. The summed E-state index contributed by atoms with van der Waals surface area (Å²) in [4.78, 5) is 0. The van der Waals surface area contributed by atoms with E-state index in [1.165, 1.54) is 25.7 Å². The van der Waals surface area contributed by atoms with E-state index in [9.17, 15) is 9.13 Å². The Kier molecular flexibility index (Phi) is 10.7. The molecule has 0 radical (unpaired) electrons. The molecule has 1 aliphatic heterocycles. The predicted octanol–water partition coefficient (Wildman–Crippen LogP) is 9.11. The third-order valence-electron chi connectivity index (χ3n) is 9.24. The van der Waals surface area contributed by atoms with Gasteiger partial charge in [0.05, 0.1) is 24.4 Å². The van der Waals surface area contributed by atoms with Crippen molar-refractivity contribution in [3.8, 4) is 0 Å². The van der Waals surface area contributed by atoms with Crippen LogP contribution in [-0.4, -0.2) is 41.4 Å². The van der Waals surface area contributed by atoms with Crippen LogP contribution in [0.25, 0.3) is 0 Å². The molecule has 4 aliphatic carbocycles. The molecule has 9 heteroatoms. The van der Waals surface area contributed by atoms with Gasteiger partial charge in [0.2, 0.25) is 0 Å². The molecule has 0 amide bonds. The summed E-state index contributed by atoms with van der Waals surface area (Å²) in [5, 5.41) is 0. The van der Waals surface area contributed by atoms with Crippen molar-refractivity contribution in [2.45, 2.75) is 171 Å². The molecule has 0 aromatic heterocycles. The minimum Gasteiger partial charge on any atom is -0.304 e. The van der Waals surface area contributed by atoms with Crippen molar-refractivity contribution in [3.05, 3.63) is 0 Å². The zero-order valence-electron chi connectivity index (χ0n) is 22.9. The van der Waals surface area contributed by atoms with Crippen LogP contribution in [0.1, 0.15) is 141 Å². The van der Waals surface area contributed by atoms with Gasteiger partial charge in [0.25, 0.3) is 0 Å². The average Bonchev–Trinajstić information content (AvgIpc) is 3.43. The maximum absolute atomic E-state index is 14.9. The van der Waals surface area contributed by atoms with Gasteiger partial charge >= 0.3 is 15.3 Å². The molecule has 1 unspecified atom stereocenters. The third-order valence-corrected chi connectivity index (χ3v) is 14.1. The van der Waals surface area contributed by atoms with E-state index < -0.39 is 21.1 Å². The molecule has 1 saturated heterocycles. The second kappa shape index (κ2) is 13.7. The van der Waals surface area contributed by atoms with Gasteiger partial charge in [0.15, 0.2) is 0 Å². The lowest BCUT2D eigenvalue weighted by Crippen LogP contribution is -2.35. The lowest BCUT2D eigenvalue weighted by Gasteiger charge is -2.40. The smallest absolute Gasteiger partial charge is 0.304 e. The van der Waals surface area contributed by atoms with Gasteiger partial charge in [-0.15, -0.1) is 0 Å². The Morgan fingerprint density at radius 2 is 0.784 bits per heavy atom. The van der Waals surface area contributed by atoms with Gasteiger partial charge in [0, 0.05) is 6.54 Å². The first-order valence-electron chi connectivity index (χ1n) is 15.7. The molecule has 5 fully saturated rings. The van der Waals surface area contributed by atoms with Crippen LogP contribution < -0.4 is 0 Å². The molecule has 5 aliphatic rings. The van der Waals surface area contributed by atoms with Crippen LogP contribution in [0.4, 0.5) is 0 Å². The lowest BCUT2D eigenvalue weighted by atomic mass is 9.98. The summed E-state index contributed by atoms with van der Waals surface area (Å²) >= 11 is 0. The molecule has 1 heterocycles. The topological polar surface area (TPSA) is 74.3 Å². The van der Waals surface area contributed by atoms with Gasteiger partial charge in [-0.3, -0.25) is 13.6 Å². The highest BCUT2D eigenvalue weighted by Crippen LogP contribution is 2.68. The molecule has 0 N–H and O–H groups in total. The van der Waals surface area contributed by atoms with Crippen molar-refractivity contribution in [2.24, 2.45) is 0 Å². The molecule has 4 saturated carbocycles. The normalized spacial score (nSPS) is 29.1. The number of rotatable bonds is 10. The summed E-state index contributed by atoms with van der Waals surface area (Å²) in [6.45, 7) is 0.563. The number of hydrogen-bond donors (Lipinski definition) is 0. The molecule has 1 atom stereocenters. The average molecular weight is 560 g/mol. The van der Waals surface area contributed by atoms with E-state index in [1.54, 1.807) is 0 Å². The van der Waals surface area contributed by atoms with E-state index in [0.717, 1.165) is 109 Å². The standard InChI is InChI=1S/C28H51NO6P2/c30-36(32-24-14-5-1-6-15-24,33-25-16-7-2-8-17-25)28-22-13-23-29(28)37(31,34-26-18-9-3-10-19-26)35-27-20-11-4-12-21-27/h24-28H,1-23H2. The minimum atomic E-state index is -3.66. The Morgan fingerprint density at radius 3 is 1.16 bits per heavy atom. The predicted molar refractivity (Wildman–Crippen MR) is 147 cm³/mol. The maximum Gasteiger partial charge on any atom is 0.409 e. The fourth-order valence-corrected chi connectivity index (χ4v) is 12.7. The monoisotopic (exact) mass is 559 g/mol. The van der Waals surface area contributed by atoms with Crippen molar-refractivity contribution in [1.82, 2.24) is 4.67 Å². The highest BCUT2D eigenvalue weighted by Gasteiger charge is 2.54. The van der Waals surface area contributed by atoms with E-state index in [4.69, 9.17) is 18.1 Å². The summed E-state index contributed by atoms with van der Waals surface area (Å²) < 4.78 is 57.6. The van der Waals surface area contributed by atoms with E-state index >= 15 is 0 Å². The number of hydrogen-bond acceptors (Lipinski definition) is 6. The molecule has 5 rings (SSSR count). The van der Waals surface area contributed by atoms with Crippen molar-refractivity contribution < 1.29 is 27.2 Å². The summed E-state index contributed by atoms with van der Waals surface area (Å²) in [5.74, 6) is -0.547. The van der Waals surface area contributed by atoms with Crippen LogP contribution in [0.2, 0.25) is 0 Å². The summed E-state index contributed by atoms with van der Waals surface area (Å²) in [5.41, 5.74) is 0. The van der Waals surface area contributed by atoms with E-state index in [0.29, 0.717) is 13.0 Å². The Hall–Kier alpha value is 0.260. The van der Waals surface area contributed by atoms with Crippen molar-refractivity contribution in [3.63, 3.8) is 0 Å². The Balaban J connectivity index is 1.40. The second-order valence-corrected chi connectivity index (χ2v) is 16.2. The molecule has 214 valence electrons. The molecule has 0 bridgehead atoms. The molecular formula is C28H51NO6P2. The van der Waals surface area contributed by atoms with Gasteiger partial charge in [0.1, 0.15) is 5.78 Å². The Labute approximate surface area is 225 Å². The number of nitrogens with zero attached hydrogens (tertiary/aromatic N) is 1. The van der Waals surface area contributed by atoms with Gasteiger partial charge in [-0.2, -0.15) is 4.67 Å². The van der Waals surface area contributed by atoms with Crippen LogP contribution in [0, 0.1) is 0 Å². The first-order chi connectivity index (χ1) is 18.0. The van der Waals surface area contributed by atoms with Crippen molar-refractivity contribution in [1.29, 1.82) is 0 Å². The highest BCUT2D eigenvalue weighted by atomic mass is 31.2. The van der Waals surface area contributed by atoms with Gasteiger partial charge < -0.3 is 9.05 Å². The molecule has 7 nitrogen and oxygen atoms in total. The first-order valence-corrected chi connectivity index (χ1v) is 18.9. The first kappa shape index (κ1) is 28.8. The molecule has 37 heavy (non-hydrogen) atoms. The van der Waals surface area contributed by atoms with Gasteiger partial charge in [-0.25, -0.2) is 4.57 Å². The fraction of sp³-hybridized carbons (Fsp3) is 1.00. The zero-order chi connectivity index (χ0) is 25.6. The van der Waals surface area contributed by atoms with Gasteiger partial charge in [-0.1, -0.05) is 77.0 Å². The summed E-state index contributed by atoms with van der Waals surface area (Å²) in [6, 6.07) is 0. The minimum absolute atomic E-state index is 0.0384. The van der Waals surface area contributed by atoms with Crippen molar-refractivity contribution in [2.75, 3.05) is 6.54 Å². The quantitative estimate of drug-likeness (QED) is 0.247.